The predicted octanol–water partition coefficient (Wildman–Crippen LogP) is 3.71. The Morgan fingerprint density at radius 2 is 0.853 bits per heavy atom. The summed E-state index contributed by atoms with van der Waals surface area (Å²) in [6.45, 7) is 0. The van der Waals surface area contributed by atoms with Gasteiger partial charge in [-0.2, -0.15) is 0 Å². The number of benzene rings is 2. The van der Waals surface area contributed by atoms with E-state index in [-0.39, 0.29) is 0 Å². The maximum Gasteiger partial charge on any atom is 0.197 e. The number of hydrogen-bond donors (Lipinski definition) is 2. The highest BCUT2D eigenvalue weighted by Crippen LogP contribution is 2.28. The SMILES string of the molecule is O=S1(=O)C=C(c2ccccc2)NC(c2cccc(C3=CS(=O)(=O)C=C(c4ccccc4)N3)n2)=C1. The fraction of sp³-hybridized carbons (Fsp3) is 0. The number of nitrogens with zero attached hydrogens (tertiary/aromatic N) is 1. The van der Waals surface area contributed by atoms with Crippen molar-refractivity contribution in [1.29, 1.82) is 0 Å². The summed E-state index contributed by atoms with van der Waals surface area (Å²) in [5.74, 6) is 0. The number of aromatic nitrogens is 1. The molecule has 0 spiro atoms. The number of pyridine rings is 1. The van der Waals surface area contributed by atoms with Crippen molar-refractivity contribution in [2.45, 2.75) is 0 Å². The van der Waals surface area contributed by atoms with Crippen molar-refractivity contribution in [3.05, 3.63) is 123 Å². The lowest BCUT2D eigenvalue weighted by Crippen LogP contribution is -2.20. The maximum absolute atomic E-state index is 12.6. The predicted molar refractivity (Wildman–Crippen MR) is 133 cm³/mol. The van der Waals surface area contributed by atoms with Crippen LogP contribution in [0.1, 0.15) is 22.5 Å². The third-order valence-electron chi connectivity index (χ3n) is 5.14. The molecule has 2 aliphatic heterocycles. The number of nitrogens with one attached hydrogen (secondary N) is 2. The van der Waals surface area contributed by atoms with E-state index in [0.717, 1.165) is 10.8 Å². The van der Waals surface area contributed by atoms with Crippen molar-refractivity contribution in [1.82, 2.24) is 15.6 Å². The Kier molecular flexibility index (Phi) is 5.43. The van der Waals surface area contributed by atoms with Gasteiger partial charge in [0.15, 0.2) is 19.7 Å². The van der Waals surface area contributed by atoms with Gasteiger partial charge in [-0.05, 0) is 23.3 Å². The Hall–Kier alpha value is -3.95. The van der Waals surface area contributed by atoms with Gasteiger partial charge in [0, 0.05) is 0 Å². The molecule has 3 aromatic rings. The van der Waals surface area contributed by atoms with Crippen molar-refractivity contribution in [3.8, 4) is 0 Å². The Balaban J connectivity index is 1.50. The van der Waals surface area contributed by atoms with E-state index in [1.165, 1.54) is 10.8 Å². The van der Waals surface area contributed by atoms with Crippen LogP contribution in [0.2, 0.25) is 0 Å². The van der Waals surface area contributed by atoms with E-state index < -0.39 is 19.7 Å². The molecule has 2 aliphatic rings. The molecule has 0 radical (unpaired) electrons. The first-order chi connectivity index (χ1) is 16.3. The molecule has 0 bridgehead atoms. The standard InChI is InChI=1S/C25H19N3O4S2/c29-33(30)14-22(18-8-3-1-4-9-18)27-24(16-33)20-12-7-13-21(26-20)25-17-34(31,32)15-23(28-25)19-10-5-2-6-11-19/h1-17,27-28H. The maximum atomic E-state index is 12.6. The van der Waals surface area contributed by atoms with Crippen molar-refractivity contribution in [3.63, 3.8) is 0 Å². The molecular formula is C25H19N3O4S2. The van der Waals surface area contributed by atoms with Crippen molar-refractivity contribution in [2.75, 3.05) is 0 Å². The van der Waals surface area contributed by atoms with Gasteiger partial charge in [-0.1, -0.05) is 66.7 Å². The zero-order chi connectivity index (χ0) is 23.8. The summed E-state index contributed by atoms with van der Waals surface area (Å²) in [5, 5.41) is 10.8. The number of sulfone groups is 2. The molecule has 0 fully saturated rings. The molecule has 5 rings (SSSR count). The molecule has 170 valence electrons. The van der Waals surface area contributed by atoms with Gasteiger partial charge in [0.25, 0.3) is 0 Å². The molecule has 0 amide bonds. The largest absolute Gasteiger partial charge is 0.352 e. The van der Waals surface area contributed by atoms with E-state index in [2.05, 4.69) is 15.6 Å². The molecule has 9 heteroatoms. The lowest BCUT2D eigenvalue weighted by atomic mass is 10.1. The molecule has 3 heterocycles. The summed E-state index contributed by atoms with van der Waals surface area (Å²) in [5.41, 5.74) is 3.59. The Bertz CT molecular complexity index is 1490. The molecular weight excluding hydrogens is 470 g/mol. The third-order valence-corrected chi connectivity index (χ3v) is 7.39. The highest BCUT2D eigenvalue weighted by atomic mass is 32.2. The molecule has 2 aromatic carbocycles. The van der Waals surface area contributed by atoms with Gasteiger partial charge < -0.3 is 10.6 Å². The van der Waals surface area contributed by atoms with Crippen LogP contribution in [0.4, 0.5) is 0 Å². The van der Waals surface area contributed by atoms with Gasteiger partial charge in [-0.15, -0.1) is 0 Å². The van der Waals surface area contributed by atoms with Crippen LogP contribution in [-0.4, -0.2) is 21.8 Å². The lowest BCUT2D eigenvalue weighted by molar-refractivity contribution is 0.610. The van der Waals surface area contributed by atoms with Gasteiger partial charge in [0.2, 0.25) is 0 Å². The second kappa shape index (κ2) is 8.44. The smallest absolute Gasteiger partial charge is 0.197 e. The van der Waals surface area contributed by atoms with Crippen LogP contribution < -0.4 is 10.6 Å². The van der Waals surface area contributed by atoms with Crippen LogP contribution in [0, 0.1) is 0 Å². The Labute approximate surface area is 197 Å². The van der Waals surface area contributed by atoms with Crippen LogP contribution in [0.25, 0.3) is 22.8 Å². The summed E-state index contributed by atoms with van der Waals surface area (Å²) in [4.78, 5) is 4.56. The highest BCUT2D eigenvalue weighted by Gasteiger charge is 2.22. The molecule has 34 heavy (non-hydrogen) atoms. The van der Waals surface area contributed by atoms with Crippen LogP contribution in [0.5, 0.6) is 0 Å². The van der Waals surface area contributed by atoms with Gasteiger partial charge in [0.05, 0.1) is 55.8 Å². The minimum absolute atomic E-state index is 0.293. The summed E-state index contributed by atoms with van der Waals surface area (Å²) in [6.07, 6.45) is 0. The molecule has 0 saturated heterocycles. The van der Waals surface area contributed by atoms with Gasteiger partial charge in [0.1, 0.15) is 0 Å². The zero-order valence-electron chi connectivity index (χ0n) is 17.7. The van der Waals surface area contributed by atoms with Crippen LogP contribution in [-0.2, 0) is 19.7 Å². The number of rotatable bonds is 4. The first-order valence-corrected chi connectivity index (χ1v) is 13.5. The first kappa shape index (κ1) is 21.9. The zero-order valence-corrected chi connectivity index (χ0v) is 19.3. The fourth-order valence-corrected chi connectivity index (χ4v) is 5.83. The summed E-state index contributed by atoms with van der Waals surface area (Å²) < 4.78 is 50.2. The Morgan fingerprint density at radius 3 is 1.26 bits per heavy atom. The third kappa shape index (κ3) is 4.70. The van der Waals surface area contributed by atoms with E-state index in [9.17, 15) is 16.8 Å². The lowest BCUT2D eigenvalue weighted by Gasteiger charge is -2.20. The summed E-state index contributed by atoms with van der Waals surface area (Å²) in [7, 11) is -7.28. The molecule has 7 nitrogen and oxygen atoms in total. The molecule has 0 unspecified atom stereocenters. The van der Waals surface area contributed by atoms with E-state index in [0.29, 0.717) is 45.3 Å². The van der Waals surface area contributed by atoms with E-state index in [4.69, 9.17) is 0 Å². The van der Waals surface area contributed by atoms with Crippen LogP contribution >= 0.6 is 0 Å². The number of hydrogen-bond acceptors (Lipinski definition) is 7. The van der Waals surface area contributed by atoms with Crippen molar-refractivity contribution >= 4 is 42.5 Å². The topological polar surface area (TPSA) is 105 Å². The molecule has 0 saturated carbocycles. The normalized spacial score (nSPS) is 18.4. The summed E-state index contributed by atoms with van der Waals surface area (Å²) in [6, 6.07) is 23.2. The molecule has 0 aliphatic carbocycles. The molecule has 2 N–H and O–H groups in total. The van der Waals surface area contributed by atoms with Crippen LogP contribution in [0.3, 0.4) is 0 Å². The molecule has 1 aromatic heterocycles. The average Bonchev–Trinajstić information content (AvgIpc) is 2.83. The quantitative estimate of drug-likeness (QED) is 0.576. The van der Waals surface area contributed by atoms with E-state index in [1.54, 1.807) is 42.5 Å². The Morgan fingerprint density at radius 1 is 0.471 bits per heavy atom. The minimum atomic E-state index is -3.64. The average molecular weight is 490 g/mol. The first-order valence-electron chi connectivity index (χ1n) is 10.3. The van der Waals surface area contributed by atoms with Gasteiger partial charge in [-0.3, -0.25) is 0 Å². The summed E-state index contributed by atoms with van der Waals surface area (Å²) >= 11 is 0. The highest BCUT2D eigenvalue weighted by molar-refractivity contribution is 7.97. The van der Waals surface area contributed by atoms with Crippen molar-refractivity contribution < 1.29 is 16.8 Å². The molecule has 0 atom stereocenters. The second-order valence-electron chi connectivity index (χ2n) is 7.69. The van der Waals surface area contributed by atoms with Gasteiger partial charge >= 0.3 is 0 Å². The monoisotopic (exact) mass is 489 g/mol. The fourth-order valence-electron chi connectivity index (χ4n) is 3.63. The van der Waals surface area contributed by atoms with Gasteiger partial charge in [-0.25, -0.2) is 21.8 Å². The minimum Gasteiger partial charge on any atom is -0.352 e. The van der Waals surface area contributed by atoms with Crippen LogP contribution in [0.15, 0.2) is 100 Å². The van der Waals surface area contributed by atoms with E-state index >= 15 is 0 Å². The second-order valence-corrected chi connectivity index (χ2v) is 11.0. The van der Waals surface area contributed by atoms with E-state index in [1.807, 2.05) is 36.4 Å². The van der Waals surface area contributed by atoms with Crippen molar-refractivity contribution in [2.24, 2.45) is 0 Å².